The number of nitrogens with zero attached hydrogens (tertiary/aromatic N) is 2. The zero-order chi connectivity index (χ0) is 26.8. The van der Waals surface area contributed by atoms with Gasteiger partial charge in [-0.1, -0.05) is 11.6 Å². The van der Waals surface area contributed by atoms with E-state index < -0.39 is 20.0 Å². The summed E-state index contributed by atoms with van der Waals surface area (Å²) in [6.07, 6.45) is 0. The summed E-state index contributed by atoms with van der Waals surface area (Å²) in [5.41, 5.74) is 1.20. The molecule has 0 amide bonds. The van der Waals surface area contributed by atoms with Gasteiger partial charge in [-0.2, -0.15) is 16.1 Å². The van der Waals surface area contributed by atoms with Gasteiger partial charge in [0.05, 0.1) is 35.4 Å². The first-order valence-electron chi connectivity index (χ1n) is 11.3. The topological polar surface area (TPSA) is 93.2 Å². The first-order valence-corrected chi connectivity index (χ1v) is 15.7. The molecule has 8 nitrogen and oxygen atoms in total. The fraction of sp³-hybridized carbons (Fsp3) is 0.280. The second kappa shape index (κ2) is 11.1. The monoisotopic (exact) mass is 582 g/mol. The van der Waals surface area contributed by atoms with Crippen molar-refractivity contribution >= 4 is 54.8 Å². The van der Waals surface area contributed by atoms with Crippen molar-refractivity contribution in [1.29, 1.82) is 0 Å². The minimum atomic E-state index is -4.14. The molecule has 0 N–H and O–H groups in total. The van der Waals surface area contributed by atoms with Crippen LogP contribution < -0.4 is 13.8 Å². The van der Waals surface area contributed by atoms with E-state index in [2.05, 4.69) is 0 Å². The lowest BCUT2D eigenvalue weighted by Gasteiger charge is -2.28. The second-order valence-electron chi connectivity index (χ2n) is 8.23. The van der Waals surface area contributed by atoms with E-state index in [9.17, 15) is 16.8 Å². The molecule has 3 aromatic carbocycles. The van der Waals surface area contributed by atoms with Crippen LogP contribution in [0.1, 0.15) is 5.56 Å². The summed E-state index contributed by atoms with van der Waals surface area (Å²) in [6, 6.07) is 15.0. The van der Waals surface area contributed by atoms with E-state index in [0.29, 0.717) is 40.9 Å². The number of hydrogen-bond acceptors (Lipinski definition) is 7. The molecule has 0 aliphatic carbocycles. The van der Waals surface area contributed by atoms with Gasteiger partial charge in [-0.15, -0.1) is 0 Å². The van der Waals surface area contributed by atoms with Gasteiger partial charge in [-0.05, 0) is 67.1 Å². The predicted octanol–water partition coefficient (Wildman–Crippen LogP) is 4.93. The van der Waals surface area contributed by atoms with E-state index in [-0.39, 0.29) is 15.5 Å². The highest BCUT2D eigenvalue weighted by molar-refractivity contribution is 7.99. The maximum absolute atomic E-state index is 14.0. The van der Waals surface area contributed by atoms with Crippen molar-refractivity contribution in [3.8, 4) is 11.5 Å². The minimum Gasteiger partial charge on any atom is -0.493 e. The summed E-state index contributed by atoms with van der Waals surface area (Å²) < 4.78 is 67.6. The third kappa shape index (κ3) is 5.56. The summed E-state index contributed by atoms with van der Waals surface area (Å²) in [7, 11) is -4.87. The lowest BCUT2D eigenvalue weighted by atomic mass is 10.1. The number of halogens is 1. The average Bonchev–Trinajstić information content (AvgIpc) is 2.90. The highest BCUT2D eigenvalue weighted by Crippen LogP contribution is 2.41. The molecule has 12 heteroatoms. The number of benzene rings is 3. The number of anilines is 2. The van der Waals surface area contributed by atoms with Crippen LogP contribution in [-0.2, 0) is 20.0 Å². The summed E-state index contributed by atoms with van der Waals surface area (Å²) in [6.45, 7) is 2.64. The molecule has 4 rings (SSSR count). The van der Waals surface area contributed by atoms with Gasteiger partial charge in [-0.3, -0.25) is 0 Å². The zero-order valence-electron chi connectivity index (χ0n) is 20.5. The van der Waals surface area contributed by atoms with Crippen LogP contribution in [0.5, 0.6) is 11.5 Å². The predicted molar refractivity (Wildman–Crippen MR) is 148 cm³/mol. The fourth-order valence-electron chi connectivity index (χ4n) is 4.00. The SMILES string of the molecule is COc1cc(C)c(N(c2ccc(S(=O)(=O)N3CCSCC3)cc2)S(=O)(=O)c2ccc(Cl)cc2)cc1OC. The van der Waals surface area contributed by atoms with Crippen LogP contribution in [0.2, 0.25) is 5.02 Å². The maximum atomic E-state index is 14.0. The molecule has 0 atom stereocenters. The summed E-state index contributed by atoms with van der Waals surface area (Å²) >= 11 is 7.71. The van der Waals surface area contributed by atoms with Crippen molar-refractivity contribution in [2.24, 2.45) is 0 Å². The molecule has 3 aromatic rings. The summed E-state index contributed by atoms with van der Waals surface area (Å²) in [4.78, 5) is 0.129. The molecule has 198 valence electrons. The van der Waals surface area contributed by atoms with Crippen molar-refractivity contribution in [1.82, 2.24) is 4.31 Å². The van der Waals surface area contributed by atoms with E-state index in [1.165, 1.54) is 71.4 Å². The Morgan fingerprint density at radius 1 is 0.838 bits per heavy atom. The van der Waals surface area contributed by atoms with Crippen LogP contribution >= 0.6 is 23.4 Å². The fourth-order valence-corrected chi connectivity index (χ4v) is 8.24. The van der Waals surface area contributed by atoms with Gasteiger partial charge in [-0.25, -0.2) is 21.1 Å². The summed E-state index contributed by atoms with van der Waals surface area (Å²) in [5, 5.41) is 0.401. The van der Waals surface area contributed by atoms with E-state index in [1.807, 2.05) is 0 Å². The maximum Gasteiger partial charge on any atom is 0.268 e. The molecule has 1 saturated heterocycles. The number of hydrogen-bond donors (Lipinski definition) is 0. The van der Waals surface area contributed by atoms with Gasteiger partial charge in [0.2, 0.25) is 10.0 Å². The van der Waals surface area contributed by atoms with Crippen LogP contribution in [0.4, 0.5) is 11.4 Å². The van der Waals surface area contributed by atoms with E-state index in [0.717, 1.165) is 11.5 Å². The third-order valence-corrected chi connectivity index (χ3v) is 10.8. The highest BCUT2D eigenvalue weighted by atomic mass is 35.5. The quantitative estimate of drug-likeness (QED) is 0.372. The molecular formula is C25H27ClN2O6S3. The zero-order valence-corrected chi connectivity index (χ0v) is 23.8. The van der Waals surface area contributed by atoms with E-state index >= 15 is 0 Å². The molecule has 0 radical (unpaired) electrons. The molecule has 0 unspecified atom stereocenters. The van der Waals surface area contributed by atoms with Gasteiger partial charge < -0.3 is 9.47 Å². The van der Waals surface area contributed by atoms with E-state index in [1.54, 1.807) is 30.8 Å². The van der Waals surface area contributed by atoms with Gasteiger partial charge in [0.25, 0.3) is 10.0 Å². The van der Waals surface area contributed by atoms with Gasteiger partial charge >= 0.3 is 0 Å². The van der Waals surface area contributed by atoms with Crippen molar-refractivity contribution in [2.75, 3.05) is 43.1 Å². The molecule has 1 fully saturated rings. The lowest BCUT2D eigenvalue weighted by molar-refractivity contribution is 0.355. The number of thioether (sulfide) groups is 1. The van der Waals surface area contributed by atoms with Gasteiger partial charge in [0.1, 0.15) is 0 Å². The molecule has 1 aliphatic rings. The lowest BCUT2D eigenvalue weighted by Crippen LogP contribution is -2.37. The standard InChI is InChI=1S/C25H27ClN2O6S3/c1-18-16-24(33-2)25(34-3)17-23(18)28(37(31,32)22-8-4-19(26)5-9-22)20-6-10-21(11-7-20)36(29,30)27-12-14-35-15-13-27/h4-11,16-17H,12-15H2,1-3H3. The summed E-state index contributed by atoms with van der Waals surface area (Å²) in [5.74, 6) is 2.28. The van der Waals surface area contributed by atoms with Gasteiger partial charge in [0.15, 0.2) is 11.5 Å². The Kier molecular flexibility index (Phi) is 8.29. The van der Waals surface area contributed by atoms with Crippen LogP contribution in [-0.4, -0.2) is 60.0 Å². The first-order chi connectivity index (χ1) is 17.6. The number of sulfonamides is 2. The Bertz CT molecular complexity index is 1470. The number of rotatable bonds is 8. The number of ether oxygens (including phenoxy) is 2. The molecule has 0 bridgehead atoms. The first kappa shape index (κ1) is 27.6. The number of aryl methyl sites for hydroxylation is 1. The molecule has 1 heterocycles. The smallest absolute Gasteiger partial charge is 0.268 e. The highest BCUT2D eigenvalue weighted by Gasteiger charge is 2.31. The Labute approximate surface area is 227 Å². The van der Waals surface area contributed by atoms with Crippen LogP contribution in [0.3, 0.4) is 0 Å². The average molecular weight is 583 g/mol. The van der Waals surface area contributed by atoms with Crippen LogP contribution in [0.25, 0.3) is 0 Å². The van der Waals surface area contributed by atoms with Crippen molar-refractivity contribution in [3.05, 3.63) is 71.2 Å². The van der Waals surface area contributed by atoms with Gasteiger partial charge in [0, 0.05) is 35.7 Å². The Morgan fingerprint density at radius 3 is 1.95 bits per heavy atom. The van der Waals surface area contributed by atoms with Crippen molar-refractivity contribution in [2.45, 2.75) is 16.7 Å². The Morgan fingerprint density at radius 2 is 1.38 bits per heavy atom. The Balaban J connectivity index is 1.85. The molecule has 1 aliphatic heterocycles. The van der Waals surface area contributed by atoms with Crippen LogP contribution in [0.15, 0.2) is 70.5 Å². The second-order valence-corrected chi connectivity index (χ2v) is 13.6. The Hall–Kier alpha value is -2.44. The largest absolute Gasteiger partial charge is 0.493 e. The molecule has 0 saturated carbocycles. The van der Waals surface area contributed by atoms with Crippen molar-refractivity contribution < 1.29 is 26.3 Å². The number of methoxy groups -OCH3 is 2. The van der Waals surface area contributed by atoms with Crippen molar-refractivity contribution in [3.63, 3.8) is 0 Å². The molecule has 37 heavy (non-hydrogen) atoms. The normalized spacial score (nSPS) is 14.8. The molecule has 0 spiro atoms. The van der Waals surface area contributed by atoms with Crippen LogP contribution in [0, 0.1) is 6.92 Å². The molecule has 0 aromatic heterocycles. The minimum absolute atomic E-state index is 0.0219. The third-order valence-electron chi connectivity index (χ3n) is 5.95. The molecular weight excluding hydrogens is 556 g/mol. The van der Waals surface area contributed by atoms with E-state index in [4.69, 9.17) is 21.1 Å².